The van der Waals surface area contributed by atoms with Crippen molar-refractivity contribution in [3.05, 3.63) is 41.6 Å². The van der Waals surface area contributed by atoms with Crippen LogP contribution in [0.5, 0.6) is 5.75 Å². The van der Waals surface area contributed by atoms with Crippen molar-refractivity contribution in [3.8, 4) is 5.75 Å². The topological polar surface area (TPSA) is 60.4 Å². The first-order valence-corrected chi connectivity index (χ1v) is 6.56. The van der Waals surface area contributed by atoms with E-state index in [0.717, 1.165) is 11.5 Å². The Hall–Kier alpha value is -2.17. The van der Waals surface area contributed by atoms with Crippen molar-refractivity contribution in [2.24, 2.45) is 0 Å². The van der Waals surface area contributed by atoms with E-state index in [2.05, 4.69) is 5.32 Å². The van der Waals surface area contributed by atoms with Crippen LogP contribution < -0.4 is 15.8 Å². The first-order valence-electron chi connectivity index (χ1n) is 6.56. The molecule has 0 fully saturated rings. The molecule has 0 aliphatic rings. The molecule has 1 aromatic carbocycles. The van der Waals surface area contributed by atoms with Gasteiger partial charge in [0.1, 0.15) is 11.5 Å². The van der Waals surface area contributed by atoms with Crippen molar-refractivity contribution in [2.75, 3.05) is 17.7 Å². The van der Waals surface area contributed by atoms with E-state index in [1.807, 2.05) is 26.0 Å². The number of nitrogens with one attached hydrogen (secondary N) is 1. The molecule has 1 atom stereocenters. The van der Waals surface area contributed by atoms with E-state index in [0.29, 0.717) is 18.0 Å². The average Bonchev–Trinajstić information content (AvgIpc) is 2.82. The molecule has 1 aromatic heterocycles. The molecule has 0 amide bonds. The van der Waals surface area contributed by atoms with Crippen LogP contribution in [0.1, 0.15) is 31.4 Å². The molecular formula is C15H19FN2O2. The zero-order valence-corrected chi connectivity index (χ0v) is 11.9. The lowest BCUT2D eigenvalue weighted by molar-refractivity contribution is 0.322. The van der Waals surface area contributed by atoms with Gasteiger partial charge in [-0.25, -0.2) is 4.39 Å². The Balaban J connectivity index is 2.22. The van der Waals surface area contributed by atoms with Gasteiger partial charge >= 0.3 is 0 Å². The first-order chi connectivity index (χ1) is 9.51. The number of benzene rings is 1. The molecule has 4 nitrogen and oxygen atoms in total. The summed E-state index contributed by atoms with van der Waals surface area (Å²) in [4.78, 5) is 0. The standard InChI is InChI=1S/C15H19FN2O2/c1-4-19-15-8-13(12(17)7-11(15)16)18-10(3)14-6-5-9(2)20-14/h5-8,10,18H,4,17H2,1-3H3. The Kier molecular flexibility index (Phi) is 4.17. The molecule has 0 saturated heterocycles. The highest BCUT2D eigenvalue weighted by Crippen LogP contribution is 2.31. The lowest BCUT2D eigenvalue weighted by Crippen LogP contribution is -2.08. The molecule has 0 aliphatic carbocycles. The van der Waals surface area contributed by atoms with Gasteiger partial charge in [-0.3, -0.25) is 0 Å². The highest BCUT2D eigenvalue weighted by Gasteiger charge is 2.14. The third kappa shape index (κ3) is 3.04. The number of nitrogens with two attached hydrogens (primary N) is 1. The molecule has 3 N–H and O–H groups in total. The van der Waals surface area contributed by atoms with Crippen LogP contribution in [0.3, 0.4) is 0 Å². The Labute approximate surface area is 117 Å². The van der Waals surface area contributed by atoms with Crippen molar-refractivity contribution in [3.63, 3.8) is 0 Å². The highest BCUT2D eigenvalue weighted by molar-refractivity contribution is 5.69. The Morgan fingerprint density at radius 2 is 2.15 bits per heavy atom. The Bertz CT molecular complexity index is 596. The number of halogens is 1. The number of nitrogen functional groups attached to an aromatic ring is 1. The molecule has 108 valence electrons. The van der Waals surface area contributed by atoms with E-state index in [1.165, 1.54) is 6.07 Å². The summed E-state index contributed by atoms with van der Waals surface area (Å²) in [6.07, 6.45) is 0. The smallest absolute Gasteiger partial charge is 0.167 e. The van der Waals surface area contributed by atoms with E-state index < -0.39 is 5.82 Å². The molecule has 20 heavy (non-hydrogen) atoms. The summed E-state index contributed by atoms with van der Waals surface area (Å²) in [6.45, 7) is 6.03. The fraction of sp³-hybridized carbons (Fsp3) is 0.333. The van der Waals surface area contributed by atoms with Crippen molar-refractivity contribution in [1.82, 2.24) is 0 Å². The summed E-state index contributed by atoms with van der Waals surface area (Å²) in [5, 5.41) is 3.20. The lowest BCUT2D eigenvalue weighted by Gasteiger charge is -2.16. The molecular weight excluding hydrogens is 259 g/mol. The highest BCUT2D eigenvalue weighted by atomic mass is 19.1. The Morgan fingerprint density at radius 3 is 2.75 bits per heavy atom. The molecule has 1 unspecified atom stereocenters. The maximum absolute atomic E-state index is 13.6. The summed E-state index contributed by atoms with van der Waals surface area (Å²) in [7, 11) is 0. The van der Waals surface area contributed by atoms with Crippen LogP contribution in [0.4, 0.5) is 15.8 Å². The SMILES string of the molecule is CCOc1cc(NC(C)c2ccc(C)o2)c(N)cc1F. The number of rotatable bonds is 5. The molecule has 0 spiro atoms. The predicted molar refractivity (Wildman–Crippen MR) is 77.5 cm³/mol. The summed E-state index contributed by atoms with van der Waals surface area (Å²) in [5.74, 6) is 1.36. The van der Waals surface area contributed by atoms with Gasteiger partial charge in [-0.1, -0.05) is 0 Å². The minimum atomic E-state index is -0.462. The molecule has 5 heteroatoms. The fourth-order valence-electron chi connectivity index (χ4n) is 1.95. The minimum absolute atomic E-state index is 0.0778. The van der Waals surface area contributed by atoms with Gasteiger partial charge in [0.25, 0.3) is 0 Å². The molecule has 0 aliphatic heterocycles. The molecule has 0 saturated carbocycles. The third-order valence-corrected chi connectivity index (χ3v) is 2.96. The van der Waals surface area contributed by atoms with Gasteiger partial charge in [0, 0.05) is 12.1 Å². The summed E-state index contributed by atoms with van der Waals surface area (Å²) in [6, 6.07) is 6.54. The molecule has 1 heterocycles. The maximum Gasteiger partial charge on any atom is 0.167 e. The molecule has 2 aromatic rings. The number of furan rings is 1. The van der Waals surface area contributed by atoms with Crippen molar-refractivity contribution >= 4 is 11.4 Å². The van der Waals surface area contributed by atoms with Crippen LogP contribution in [0.25, 0.3) is 0 Å². The van der Waals surface area contributed by atoms with E-state index in [-0.39, 0.29) is 11.8 Å². The first kappa shape index (κ1) is 14.2. The van der Waals surface area contributed by atoms with E-state index in [4.69, 9.17) is 14.9 Å². The van der Waals surface area contributed by atoms with Gasteiger partial charge in [-0.2, -0.15) is 0 Å². The second kappa shape index (κ2) is 5.86. The van der Waals surface area contributed by atoms with E-state index in [9.17, 15) is 4.39 Å². The zero-order valence-electron chi connectivity index (χ0n) is 11.9. The number of ether oxygens (including phenoxy) is 1. The summed E-state index contributed by atoms with van der Waals surface area (Å²) < 4.78 is 24.4. The zero-order chi connectivity index (χ0) is 14.7. The molecule has 2 rings (SSSR count). The minimum Gasteiger partial charge on any atom is -0.491 e. The van der Waals surface area contributed by atoms with Gasteiger partial charge in [0.05, 0.1) is 24.0 Å². The summed E-state index contributed by atoms with van der Waals surface area (Å²) in [5.41, 5.74) is 6.79. The third-order valence-electron chi connectivity index (χ3n) is 2.96. The van der Waals surface area contributed by atoms with Crippen LogP contribution in [0.15, 0.2) is 28.7 Å². The fourth-order valence-corrected chi connectivity index (χ4v) is 1.95. The Morgan fingerprint density at radius 1 is 1.40 bits per heavy atom. The lowest BCUT2D eigenvalue weighted by atomic mass is 10.2. The normalized spacial score (nSPS) is 12.2. The van der Waals surface area contributed by atoms with Crippen LogP contribution in [0, 0.1) is 12.7 Å². The maximum atomic E-state index is 13.6. The molecule has 0 bridgehead atoms. The van der Waals surface area contributed by atoms with Crippen LogP contribution in [0.2, 0.25) is 0 Å². The van der Waals surface area contributed by atoms with Crippen LogP contribution in [-0.4, -0.2) is 6.61 Å². The van der Waals surface area contributed by atoms with E-state index in [1.54, 1.807) is 13.0 Å². The van der Waals surface area contributed by atoms with Gasteiger partial charge in [0.15, 0.2) is 11.6 Å². The summed E-state index contributed by atoms with van der Waals surface area (Å²) >= 11 is 0. The van der Waals surface area contributed by atoms with Crippen molar-refractivity contribution in [2.45, 2.75) is 26.8 Å². The number of aryl methyl sites for hydroxylation is 1. The van der Waals surface area contributed by atoms with Crippen molar-refractivity contribution < 1.29 is 13.5 Å². The van der Waals surface area contributed by atoms with Gasteiger partial charge < -0.3 is 20.2 Å². The van der Waals surface area contributed by atoms with E-state index >= 15 is 0 Å². The second-order valence-electron chi connectivity index (χ2n) is 4.62. The largest absolute Gasteiger partial charge is 0.491 e. The second-order valence-corrected chi connectivity index (χ2v) is 4.62. The quantitative estimate of drug-likeness (QED) is 0.815. The van der Waals surface area contributed by atoms with Gasteiger partial charge in [0.2, 0.25) is 0 Å². The average molecular weight is 278 g/mol. The number of hydrogen-bond acceptors (Lipinski definition) is 4. The number of hydrogen-bond donors (Lipinski definition) is 2. The van der Waals surface area contributed by atoms with Gasteiger partial charge in [-0.15, -0.1) is 0 Å². The van der Waals surface area contributed by atoms with Crippen LogP contribution >= 0.6 is 0 Å². The number of anilines is 2. The molecule has 0 radical (unpaired) electrons. The predicted octanol–water partition coefficient (Wildman–Crippen LogP) is 3.88. The van der Waals surface area contributed by atoms with Crippen LogP contribution in [-0.2, 0) is 0 Å². The monoisotopic (exact) mass is 278 g/mol. The van der Waals surface area contributed by atoms with Crippen molar-refractivity contribution in [1.29, 1.82) is 0 Å². The van der Waals surface area contributed by atoms with Gasteiger partial charge in [-0.05, 0) is 32.9 Å².